The van der Waals surface area contributed by atoms with Crippen molar-refractivity contribution in [3.05, 3.63) is 36.0 Å². The fraction of sp³-hybridized carbons (Fsp3) is 0.500. The number of piperidine rings is 1. The first kappa shape index (κ1) is 17.0. The van der Waals surface area contributed by atoms with E-state index in [1.54, 1.807) is 18.2 Å². The van der Waals surface area contributed by atoms with Crippen molar-refractivity contribution in [3.63, 3.8) is 0 Å². The zero-order valence-electron chi connectivity index (χ0n) is 14.1. The molecule has 2 heterocycles. The van der Waals surface area contributed by atoms with Gasteiger partial charge in [0.15, 0.2) is 0 Å². The number of hydrogen-bond acceptors (Lipinski definition) is 3. The largest absolute Gasteiger partial charge is 0.418 e. The molecule has 2 atom stereocenters. The molecule has 130 valence electrons. The molecule has 1 aliphatic heterocycles. The van der Waals surface area contributed by atoms with Crippen molar-refractivity contribution in [1.82, 2.24) is 9.88 Å². The monoisotopic (exact) mass is 337 g/mol. The number of nitrogens with zero attached hydrogens (tertiary/aromatic N) is 3. The summed E-state index contributed by atoms with van der Waals surface area (Å²) in [5.41, 5.74) is 0.197. The van der Waals surface area contributed by atoms with E-state index in [0.717, 1.165) is 31.3 Å². The van der Waals surface area contributed by atoms with E-state index < -0.39 is 11.7 Å². The number of aromatic nitrogens is 1. The highest BCUT2D eigenvalue weighted by molar-refractivity contribution is 5.94. The highest BCUT2D eigenvalue weighted by atomic mass is 19.4. The van der Waals surface area contributed by atoms with Crippen LogP contribution < -0.4 is 4.90 Å². The molecule has 0 spiro atoms. The Labute approximate surface area is 140 Å². The molecule has 3 rings (SSSR count). The highest BCUT2D eigenvalue weighted by Crippen LogP contribution is 2.38. The fourth-order valence-corrected chi connectivity index (χ4v) is 3.55. The van der Waals surface area contributed by atoms with E-state index in [9.17, 15) is 13.2 Å². The predicted molar refractivity (Wildman–Crippen MR) is 90.2 cm³/mol. The van der Waals surface area contributed by atoms with E-state index in [2.05, 4.69) is 21.7 Å². The van der Waals surface area contributed by atoms with Crippen LogP contribution in [0, 0.1) is 5.92 Å². The first-order chi connectivity index (χ1) is 11.3. The Balaban J connectivity index is 2.07. The number of rotatable bonds is 2. The number of fused-ring (bicyclic) bond motifs is 1. The summed E-state index contributed by atoms with van der Waals surface area (Å²) in [5, 5.41) is 0.568. The molecule has 3 nitrogen and oxygen atoms in total. The molecule has 0 radical (unpaired) electrons. The van der Waals surface area contributed by atoms with Crippen LogP contribution in [-0.4, -0.2) is 43.1 Å². The first-order valence-electron chi connectivity index (χ1n) is 8.13. The summed E-state index contributed by atoms with van der Waals surface area (Å²) in [6.45, 7) is 3.85. The minimum atomic E-state index is -4.40. The average Bonchev–Trinajstić information content (AvgIpc) is 2.52. The van der Waals surface area contributed by atoms with Gasteiger partial charge >= 0.3 is 6.18 Å². The molecular weight excluding hydrogens is 315 g/mol. The lowest BCUT2D eigenvalue weighted by Crippen LogP contribution is -2.48. The zero-order chi connectivity index (χ0) is 17.5. The Kier molecular flexibility index (Phi) is 4.42. The van der Waals surface area contributed by atoms with Crippen molar-refractivity contribution in [2.75, 3.05) is 32.1 Å². The maximum atomic E-state index is 13.3. The zero-order valence-corrected chi connectivity index (χ0v) is 14.1. The summed E-state index contributed by atoms with van der Waals surface area (Å²) < 4.78 is 39.8. The van der Waals surface area contributed by atoms with E-state index in [4.69, 9.17) is 0 Å². The van der Waals surface area contributed by atoms with Gasteiger partial charge in [-0.1, -0.05) is 6.92 Å². The van der Waals surface area contributed by atoms with Crippen LogP contribution in [0.4, 0.5) is 18.9 Å². The smallest absolute Gasteiger partial charge is 0.369 e. The second-order valence-electron chi connectivity index (χ2n) is 6.89. The van der Waals surface area contributed by atoms with Gasteiger partial charge in [-0.15, -0.1) is 0 Å². The SMILES string of the molecule is CC1CC(N(C)C)CN(c2ccc(C(F)(F)F)c3ncccc23)C1. The van der Waals surface area contributed by atoms with Crippen LogP contribution in [0.25, 0.3) is 10.9 Å². The Morgan fingerprint density at radius 2 is 1.92 bits per heavy atom. The van der Waals surface area contributed by atoms with Gasteiger partial charge in [-0.25, -0.2) is 0 Å². The molecule has 24 heavy (non-hydrogen) atoms. The third-order valence-corrected chi connectivity index (χ3v) is 4.76. The van der Waals surface area contributed by atoms with Crippen LogP contribution in [0.15, 0.2) is 30.5 Å². The van der Waals surface area contributed by atoms with Gasteiger partial charge in [0.1, 0.15) is 0 Å². The molecule has 0 saturated carbocycles. The molecule has 2 aromatic rings. The maximum Gasteiger partial charge on any atom is 0.418 e. The number of pyridine rings is 1. The number of anilines is 1. The van der Waals surface area contributed by atoms with Crippen molar-refractivity contribution in [2.24, 2.45) is 5.92 Å². The summed E-state index contributed by atoms with van der Waals surface area (Å²) in [7, 11) is 4.10. The molecule has 0 N–H and O–H groups in total. The molecule has 0 amide bonds. The third-order valence-electron chi connectivity index (χ3n) is 4.76. The Morgan fingerprint density at radius 1 is 1.17 bits per heavy atom. The van der Waals surface area contributed by atoms with Crippen molar-refractivity contribution >= 4 is 16.6 Å². The molecule has 0 bridgehead atoms. The molecule has 6 heteroatoms. The van der Waals surface area contributed by atoms with Crippen molar-refractivity contribution in [3.8, 4) is 0 Å². The van der Waals surface area contributed by atoms with Crippen LogP contribution in [-0.2, 0) is 6.18 Å². The molecule has 1 fully saturated rings. The first-order valence-corrected chi connectivity index (χ1v) is 8.13. The predicted octanol–water partition coefficient (Wildman–Crippen LogP) is 4.03. The Morgan fingerprint density at radius 3 is 2.58 bits per heavy atom. The van der Waals surface area contributed by atoms with Gasteiger partial charge in [0, 0.05) is 36.4 Å². The molecule has 2 unspecified atom stereocenters. The lowest BCUT2D eigenvalue weighted by molar-refractivity contribution is -0.136. The molecule has 1 aliphatic rings. The van der Waals surface area contributed by atoms with E-state index in [1.807, 2.05) is 14.1 Å². The van der Waals surface area contributed by atoms with Gasteiger partial charge in [-0.3, -0.25) is 4.98 Å². The number of benzene rings is 1. The van der Waals surface area contributed by atoms with E-state index >= 15 is 0 Å². The number of halogens is 3. The molecule has 1 aromatic heterocycles. The van der Waals surface area contributed by atoms with Gasteiger partial charge in [-0.2, -0.15) is 13.2 Å². The van der Waals surface area contributed by atoms with Crippen LogP contribution in [0.1, 0.15) is 18.9 Å². The fourth-order valence-electron chi connectivity index (χ4n) is 3.55. The van der Waals surface area contributed by atoms with Gasteiger partial charge in [0.2, 0.25) is 0 Å². The molecule has 0 aliphatic carbocycles. The summed E-state index contributed by atoms with van der Waals surface area (Å²) >= 11 is 0. The normalized spacial score (nSPS) is 22.4. The van der Waals surface area contributed by atoms with Gasteiger partial charge in [-0.05, 0) is 50.7 Å². The van der Waals surface area contributed by atoms with Crippen molar-refractivity contribution < 1.29 is 13.2 Å². The van der Waals surface area contributed by atoms with Gasteiger partial charge < -0.3 is 9.80 Å². The average molecular weight is 337 g/mol. The van der Waals surface area contributed by atoms with E-state index in [0.29, 0.717) is 17.3 Å². The summed E-state index contributed by atoms with van der Waals surface area (Å²) in [5.74, 6) is 0.486. The Bertz CT molecular complexity index is 727. The number of alkyl halides is 3. The molecule has 1 aromatic carbocycles. The van der Waals surface area contributed by atoms with Crippen LogP contribution in [0.2, 0.25) is 0 Å². The minimum absolute atomic E-state index is 0.0297. The van der Waals surface area contributed by atoms with E-state index in [1.165, 1.54) is 6.20 Å². The topological polar surface area (TPSA) is 19.4 Å². The van der Waals surface area contributed by atoms with Crippen molar-refractivity contribution in [1.29, 1.82) is 0 Å². The number of likely N-dealkylation sites (N-methyl/N-ethyl adjacent to an activating group) is 1. The Hall–Kier alpha value is -1.82. The second kappa shape index (κ2) is 6.24. The quantitative estimate of drug-likeness (QED) is 0.825. The lowest BCUT2D eigenvalue weighted by Gasteiger charge is -2.41. The summed E-state index contributed by atoms with van der Waals surface area (Å²) in [6.07, 6.45) is -1.88. The number of hydrogen-bond donors (Lipinski definition) is 0. The van der Waals surface area contributed by atoms with Gasteiger partial charge in [0.25, 0.3) is 0 Å². The summed E-state index contributed by atoms with van der Waals surface area (Å²) in [6, 6.07) is 6.58. The van der Waals surface area contributed by atoms with Crippen LogP contribution in [0.3, 0.4) is 0 Å². The molecule has 1 saturated heterocycles. The standard InChI is InChI=1S/C18H22F3N3/c1-12-9-13(23(2)3)11-24(10-12)16-7-6-15(18(19,20)21)17-14(16)5-4-8-22-17/h4-8,12-13H,9-11H2,1-3H3. The van der Waals surface area contributed by atoms with Gasteiger partial charge in [0.05, 0.1) is 11.1 Å². The highest BCUT2D eigenvalue weighted by Gasteiger charge is 2.34. The summed E-state index contributed by atoms with van der Waals surface area (Å²) in [4.78, 5) is 8.40. The van der Waals surface area contributed by atoms with Crippen LogP contribution >= 0.6 is 0 Å². The minimum Gasteiger partial charge on any atom is -0.369 e. The maximum absolute atomic E-state index is 13.3. The van der Waals surface area contributed by atoms with E-state index in [-0.39, 0.29) is 5.52 Å². The second-order valence-corrected chi connectivity index (χ2v) is 6.89. The third kappa shape index (κ3) is 3.20. The molecular formula is C18H22F3N3. The lowest BCUT2D eigenvalue weighted by atomic mass is 9.94. The van der Waals surface area contributed by atoms with Crippen LogP contribution in [0.5, 0.6) is 0 Å². The van der Waals surface area contributed by atoms with Crippen molar-refractivity contribution in [2.45, 2.75) is 25.6 Å².